The van der Waals surface area contributed by atoms with Gasteiger partial charge in [0.15, 0.2) is 0 Å². The Morgan fingerprint density at radius 1 is 1.27 bits per heavy atom. The molecule has 1 heterocycles. The zero-order valence-corrected chi connectivity index (χ0v) is 13.5. The van der Waals surface area contributed by atoms with Crippen molar-refractivity contribution in [3.05, 3.63) is 24.0 Å². The van der Waals surface area contributed by atoms with Crippen molar-refractivity contribution in [1.29, 1.82) is 0 Å². The van der Waals surface area contributed by atoms with Crippen LogP contribution in [-0.4, -0.2) is 59.2 Å². The first-order chi connectivity index (χ1) is 10.2. The van der Waals surface area contributed by atoms with Crippen molar-refractivity contribution in [1.82, 2.24) is 14.8 Å². The molecule has 22 heavy (non-hydrogen) atoms. The van der Waals surface area contributed by atoms with Gasteiger partial charge in [-0.05, 0) is 24.5 Å². The van der Waals surface area contributed by atoms with Gasteiger partial charge in [0.05, 0.1) is 6.04 Å². The van der Waals surface area contributed by atoms with Crippen LogP contribution in [0.2, 0.25) is 0 Å². The minimum atomic E-state index is -0.811. The van der Waals surface area contributed by atoms with E-state index in [0.29, 0.717) is 6.42 Å². The van der Waals surface area contributed by atoms with Crippen molar-refractivity contribution < 1.29 is 14.4 Å². The highest BCUT2D eigenvalue weighted by atomic mass is 16.2. The molecule has 0 aliphatic carbocycles. The number of carbonyl (C=O) groups is 3. The van der Waals surface area contributed by atoms with Crippen LogP contribution in [0, 0.1) is 5.92 Å². The van der Waals surface area contributed by atoms with Crippen LogP contribution in [0.4, 0.5) is 0 Å². The number of hydrogen-bond donors (Lipinski definition) is 2. The van der Waals surface area contributed by atoms with Gasteiger partial charge in [-0.1, -0.05) is 13.8 Å². The SMILES string of the molecule is CC(C)C[C@H](N)C(=O)N(CC(=O)N(C)C)C(=O)c1ccc[nH]1. The Morgan fingerprint density at radius 2 is 1.91 bits per heavy atom. The fraction of sp³-hybridized carbons (Fsp3) is 0.533. The maximum absolute atomic E-state index is 12.5. The van der Waals surface area contributed by atoms with Gasteiger partial charge in [-0.2, -0.15) is 0 Å². The number of nitrogens with one attached hydrogen (secondary N) is 1. The Kier molecular flexibility index (Phi) is 6.30. The summed E-state index contributed by atoms with van der Waals surface area (Å²) in [6.45, 7) is 3.56. The summed E-state index contributed by atoms with van der Waals surface area (Å²) in [7, 11) is 3.14. The molecule has 0 saturated carbocycles. The Balaban J connectivity index is 2.98. The molecule has 122 valence electrons. The summed E-state index contributed by atoms with van der Waals surface area (Å²) < 4.78 is 0. The highest BCUT2D eigenvalue weighted by Gasteiger charge is 2.30. The van der Waals surface area contributed by atoms with E-state index in [1.807, 2.05) is 13.8 Å². The van der Waals surface area contributed by atoms with Crippen LogP contribution in [0.3, 0.4) is 0 Å². The molecule has 1 rings (SSSR count). The number of imide groups is 1. The summed E-state index contributed by atoms with van der Waals surface area (Å²) in [4.78, 5) is 41.8. The zero-order valence-electron chi connectivity index (χ0n) is 13.5. The molecule has 0 saturated heterocycles. The summed E-state index contributed by atoms with van der Waals surface area (Å²) in [6, 6.07) is 2.39. The van der Waals surface area contributed by atoms with Crippen LogP contribution in [0.1, 0.15) is 30.8 Å². The van der Waals surface area contributed by atoms with E-state index in [4.69, 9.17) is 5.73 Å². The van der Waals surface area contributed by atoms with Crippen molar-refractivity contribution >= 4 is 17.7 Å². The molecule has 1 aromatic rings. The van der Waals surface area contributed by atoms with Gasteiger partial charge in [0.25, 0.3) is 5.91 Å². The fourth-order valence-corrected chi connectivity index (χ4v) is 1.94. The van der Waals surface area contributed by atoms with Crippen LogP contribution in [0.25, 0.3) is 0 Å². The predicted octanol–water partition coefficient (Wildman–Crippen LogP) is 0.445. The third-order valence-electron chi connectivity index (χ3n) is 3.17. The first-order valence-electron chi connectivity index (χ1n) is 7.18. The number of likely N-dealkylation sites (N-methyl/N-ethyl adjacent to an activating group) is 1. The molecule has 0 unspecified atom stereocenters. The molecule has 0 aliphatic heterocycles. The Morgan fingerprint density at radius 3 is 2.36 bits per heavy atom. The van der Waals surface area contributed by atoms with E-state index >= 15 is 0 Å². The van der Waals surface area contributed by atoms with E-state index in [2.05, 4.69) is 4.98 Å². The van der Waals surface area contributed by atoms with E-state index in [0.717, 1.165) is 4.90 Å². The lowest BCUT2D eigenvalue weighted by molar-refractivity contribution is -0.137. The monoisotopic (exact) mass is 308 g/mol. The molecule has 0 spiro atoms. The fourth-order valence-electron chi connectivity index (χ4n) is 1.94. The lowest BCUT2D eigenvalue weighted by atomic mass is 10.0. The van der Waals surface area contributed by atoms with Crippen LogP contribution < -0.4 is 5.73 Å². The second kappa shape index (κ2) is 7.74. The number of carbonyl (C=O) groups excluding carboxylic acids is 3. The summed E-state index contributed by atoms with van der Waals surface area (Å²) in [6.07, 6.45) is 2.03. The van der Waals surface area contributed by atoms with E-state index in [1.165, 1.54) is 4.90 Å². The third kappa shape index (κ3) is 4.70. The molecule has 0 aromatic carbocycles. The van der Waals surface area contributed by atoms with Gasteiger partial charge in [-0.25, -0.2) is 0 Å². The minimum absolute atomic E-state index is 0.214. The molecular weight excluding hydrogens is 284 g/mol. The van der Waals surface area contributed by atoms with Gasteiger partial charge in [-0.3, -0.25) is 19.3 Å². The summed E-state index contributed by atoms with van der Waals surface area (Å²) in [5, 5.41) is 0. The lowest BCUT2D eigenvalue weighted by Crippen LogP contribution is -2.50. The number of aromatic nitrogens is 1. The van der Waals surface area contributed by atoms with Crippen molar-refractivity contribution in [2.24, 2.45) is 11.7 Å². The summed E-state index contributed by atoms with van der Waals surface area (Å²) in [5.41, 5.74) is 6.13. The van der Waals surface area contributed by atoms with E-state index in [9.17, 15) is 14.4 Å². The molecule has 0 fully saturated rings. The van der Waals surface area contributed by atoms with Crippen LogP contribution in [0.5, 0.6) is 0 Å². The standard InChI is InChI=1S/C15H24N4O3/c1-10(2)8-11(16)14(21)19(9-13(20)18(3)4)15(22)12-6-5-7-17-12/h5-7,10-11,17H,8-9,16H2,1-4H3/t11-/m0/s1. The maximum atomic E-state index is 12.5. The number of amides is 3. The number of hydrogen-bond acceptors (Lipinski definition) is 4. The molecule has 3 amide bonds. The van der Waals surface area contributed by atoms with Crippen LogP contribution in [0.15, 0.2) is 18.3 Å². The van der Waals surface area contributed by atoms with Crippen molar-refractivity contribution in [2.75, 3.05) is 20.6 Å². The summed E-state index contributed by atoms with van der Waals surface area (Å²) >= 11 is 0. The highest BCUT2D eigenvalue weighted by Crippen LogP contribution is 2.09. The normalized spacial score (nSPS) is 12.1. The van der Waals surface area contributed by atoms with Gasteiger partial charge in [0.2, 0.25) is 11.8 Å². The average Bonchev–Trinajstić information content (AvgIpc) is 2.96. The molecule has 1 atom stereocenters. The van der Waals surface area contributed by atoms with Crippen molar-refractivity contribution in [3.8, 4) is 0 Å². The average molecular weight is 308 g/mol. The third-order valence-corrected chi connectivity index (χ3v) is 3.17. The predicted molar refractivity (Wildman–Crippen MR) is 83.0 cm³/mol. The molecule has 1 aromatic heterocycles. The van der Waals surface area contributed by atoms with E-state index in [1.54, 1.807) is 32.4 Å². The number of aromatic amines is 1. The highest BCUT2D eigenvalue weighted by molar-refractivity contribution is 6.07. The van der Waals surface area contributed by atoms with Gasteiger partial charge in [0, 0.05) is 20.3 Å². The Bertz CT molecular complexity index is 523. The number of nitrogens with zero attached hydrogens (tertiary/aromatic N) is 2. The molecule has 0 radical (unpaired) electrons. The van der Waals surface area contributed by atoms with Crippen LogP contribution >= 0.6 is 0 Å². The molecular formula is C15H24N4O3. The molecule has 0 bridgehead atoms. The van der Waals surface area contributed by atoms with Crippen molar-refractivity contribution in [3.63, 3.8) is 0 Å². The van der Waals surface area contributed by atoms with E-state index in [-0.39, 0.29) is 24.1 Å². The lowest BCUT2D eigenvalue weighted by Gasteiger charge is -2.25. The number of H-pyrrole nitrogens is 1. The Labute approximate surface area is 130 Å². The molecule has 7 heteroatoms. The topological polar surface area (TPSA) is 99.5 Å². The van der Waals surface area contributed by atoms with E-state index < -0.39 is 17.9 Å². The number of rotatable bonds is 6. The molecule has 0 aliphatic rings. The van der Waals surface area contributed by atoms with Gasteiger partial charge >= 0.3 is 0 Å². The molecule has 7 nitrogen and oxygen atoms in total. The number of nitrogens with two attached hydrogens (primary N) is 1. The maximum Gasteiger partial charge on any atom is 0.277 e. The quantitative estimate of drug-likeness (QED) is 0.796. The molecule has 3 N–H and O–H groups in total. The van der Waals surface area contributed by atoms with Gasteiger partial charge < -0.3 is 15.6 Å². The first kappa shape index (κ1) is 17.9. The van der Waals surface area contributed by atoms with Crippen molar-refractivity contribution in [2.45, 2.75) is 26.3 Å². The van der Waals surface area contributed by atoms with Gasteiger partial charge in [-0.15, -0.1) is 0 Å². The first-order valence-corrected chi connectivity index (χ1v) is 7.18. The zero-order chi connectivity index (χ0) is 16.9. The second-order valence-electron chi connectivity index (χ2n) is 5.84. The smallest absolute Gasteiger partial charge is 0.277 e. The Hall–Kier alpha value is -2.15. The minimum Gasteiger partial charge on any atom is -0.357 e. The van der Waals surface area contributed by atoms with Gasteiger partial charge in [0.1, 0.15) is 12.2 Å². The summed E-state index contributed by atoms with van der Waals surface area (Å²) in [5.74, 6) is -1.22. The second-order valence-corrected chi connectivity index (χ2v) is 5.84. The van der Waals surface area contributed by atoms with Crippen LogP contribution in [-0.2, 0) is 9.59 Å². The largest absolute Gasteiger partial charge is 0.357 e.